The highest BCUT2D eigenvalue weighted by Crippen LogP contribution is 2.12. The summed E-state index contributed by atoms with van der Waals surface area (Å²) in [5.74, 6) is 6.28. The van der Waals surface area contributed by atoms with Crippen LogP contribution in [0.2, 0.25) is 0 Å². The van der Waals surface area contributed by atoms with Crippen LogP contribution in [-0.2, 0) is 0 Å². The van der Waals surface area contributed by atoms with Gasteiger partial charge in [0.1, 0.15) is 0 Å². The predicted molar refractivity (Wildman–Crippen MR) is 83.4 cm³/mol. The van der Waals surface area contributed by atoms with E-state index in [0.717, 1.165) is 12.1 Å². The zero-order chi connectivity index (χ0) is 15.1. The normalized spacial score (nSPS) is 10.3. The van der Waals surface area contributed by atoms with Crippen LogP contribution >= 0.6 is 0 Å². The molecule has 0 unspecified atom stereocenters. The lowest BCUT2D eigenvalue weighted by Gasteiger charge is -2.28. The van der Waals surface area contributed by atoms with Crippen LogP contribution in [0.3, 0.4) is 0 Å². The fourth-order valence-electron chi connectivity index (χ4n) is 1.97. The van der Waals surface area contributed by atoms with Crippen LogP contribution in [0.4, 0.5) is 0 Å². The van der Waals surface area contributed by atoms with Gasteiger partial charge in [-0.1, -0.05) is 31.8 Å². The van der Waals surface area contributed by atoms with Crippen molar-refractivity contribution in [2.45, 2.75) is 33.7 Å². The fraction of sp³-hybridized carbons (Fsp3) is 0.471. The molecule has 20 heavy (non-hydrogen) atoms. The van der Waals surface area contributed by atoms with Crippen molar-refractivity contribution in [1.82, 2.24) is 4.90 Å². The number of carbonyl (C=O) groups is 1. The van der Waals surface area contributed by atoms with E-state index in [4.69, 9.17) is 5.73 Å². The topological polar surface area (TPSA) is 46.3 Å². The number of amides is 1. The van der Waals surface area contributed by atoms with Crippen molar-refractivity contribution in [3.63, 3.8) is 0 Å². The molecule has 0 aliphatic rings. The van der Waals surface area contributed by atoms with E-state index in [-0.39, 0.29) is 11.9 Å². The Hall–Kier alpha value is -1.79. The molecule has 0 saturated carbocycles. The van der Waals surface area contributed by atoms with Crippen LogP contribution in [0.5, 0.6) is 0 Å². The minimum Gasteiger partial charge on any atom is -0.336 e. The number of carbonyl (C=O) groups excluding carboxylic acids is 1. The lowest BCUT2D eigenvalue weighted by Crippen LogP contribution is -2.39. The van der Waals surface area contributed by atoms with Gasteiger partial charge in [0.05, 0.1) is 6.54 Å². The predicted octanol–water partition coefficient (Wildman–Crippen LogP) is 2.50. The van der Waals surface area contributed by atoms with Crippen molar-refractivity contribution in [3.8, 4) is 11.8 Å². The molecule has 0 saturated heterocycles. The fourth-order valence-corrected chi connectivity index (χ4v) is 1.97. The molecular formula is C17H24N2O. The Morgan fingerprint density at radius 3 is 2.55 bits per heavy atom. The zero-order valence-electron chi connectivity index (χ0n) is 12.8. The van der Waals surface area contributed by atoms with E-state index in [1.165, 1.54) is 0 Å². The van der Waals surface area contributed by atoms with E-state index in [1.54, 1.807) is 0 Å². The maximum atomic E-state index is 12.6. The first-order valence-corrected chi connectivity index (χ1v) is 7.05. The summed E-state index contributed by atoms with van der Waals surface area (Å²) in [7, 11) is 0. The summed E-state index contributed by atoms with van der Waals surface area (Å²) in [5.41, 5.74) is 6.88. The van der Waals surface area contributed by atoms with Crippen LogP contribution in [0.1, 0.15) is 43.6 Å². The summed E-state index contributed by atoms with van der Waals surface area (Å²) < 4.78 is 0. The van der Waals surface area contributed by atoms with Crippen LogP contribution in [0, 0.1) is 17.8 Å². The van der Waals surface area contributed by atoms with Gasteiger partial charge in [-0.15, -0.1) is 0 Å². The van der Waals surface area contributed by atoms with Gasteiger partial charge in [0.15, 0.2) is 0 Å². The van der Waals surface area contributed by atoms with Crippen molar-refractivity contribution >= 4 is 5.91 Å². The SMILES string of the molecule is CC(C)CN(C(=O)c1cccc(C#CCN)c1)C(C)C. The van der Waals surface area contributed by atoms with Gasteiger partial charge < -0.3 is 10.6 Å². The monoisotopic (exact) mass is 272 g/mol. The molecule has 2 N–H and O–H groups in total. The van der Waals surface area contributed by atoms with Crippen molar-refractivity contribution in [3.05, 3.63) is 35.4 Å². The molecule has 1 rings (SSSR count). The summed E-state index contributed by atoms with van der Waals surface area (Å²) >= 11 is 0. The van der Waals surface area contributed by atoms with E-state index in [9.17, 15) is 4.79 Å². The molecule has 0 heterocycles. The van der Waals surface area contributed by atoms with E-state index >= 15 is 0 Å². The van der Waals surface area contributed by atoms with Crippen LogP contribution in [0.15, 0.2) is 24.3 Å². The number of nitrogens with zero attached hydrogens (tertiary/aromatic N) is 1. The van der Waals surface area contributed by atoms with Gasteiger partial charge in [0.25, 0.3) is 5.91 Å². The molecular weight excluding hydrogens is 248 g/mol. The van der Waals surface area contributed by atoms with Crippen molar-refractivity contribution in [2.24, 2.45) is 11.7 Å². The molecule has 0 aliphatic heterocycles. The molecule has 0 fully saturated rings. The first kappa shape index (κ1) is 16.3. The number of hydrogen-bond acceptors (Lipinski definition) is 2. The van der Waals surface area contributed by atoms with Crippen LogP contribution < -0.4 is 5.73 Å². The Morgan fingerprint density at radius 1 is 1.30 bits per heavy atom. The van der Waals surface area contributed by atoms with Gasteiger partial charge in [0, 0.05) is 23.7 Å². The molecule has 0 aromatic heterocycles. The first-order valence-electron chi connectivity index (χ1n) is 7.05. The molecule has 3 nitrogen and oxygen atoms in total. The van der Waals surface area contributed by atoms with Crippen molar-refractivity contribution < 1.29 is 4.79 Å². The lowest BCUT2D eigenvalue weighted by atomic mass is 10.1. The average Bonchev–Trinajstić information content (AvgIpc) is 2.41. The molecule has 108 valence electrons. The van der Waals surface area contributed by atoms with Gasteiger partial charge in [-0.2, -0.15) is 0 Å². The Labute approximate surface area is 122 Å². The molecule has 1 aromatic carbocycles. The molecule has 1 amide bonds. The van der Waals surface area contributed by atoms with E-state index in [1.807, 2.05) is 43.0 Å². The molecule has 0 spiro atoms. The standard InChI is InChI=1S/C17H24N2O/c1-13(2)12-19(14(3)4)17(20)16-9-5-7-15(11-16)8-6-10-18/h5,7,9,11,13-14H,10,12,18H2,1-4H3. The van der Waals surface area contributed by atoms with Gasteiger partial charge in [-0.3, -0.25) is 4.79 Å². The van der Waals surface area contributed by atoms with E-state index < -0.39 is 0 Å². The van der Waals surface area contributed by atoms with E-state index in [0.29, 0.717) is 18.0 Å². The third-order valence-corrected chi connectivity index (χ3v) is 2.89. The second-order valence-electron chi connectivity index (χ2n) is 5.53. The largest absolute Gasteiger partial charge is 0.336 e. The average molecular weight is 272 g/mol. The molecule has 0 aliphatic carbocycles. The minimum atomic E-state index is 0.0603. The number of nitrogens with two attached hydrogens (primary N) is 1. The lowest BCUT2D eigenvalue weighted by molar-refractivity contribution is 0.0682. The Balaban J connectivity index is 2.99. The van der Waals surface area contributed by atoms with Crippen LogP contribution in [-0.4, -0.2) is 29.9 Å². The maximum absolute atomic E-state index is 12.6. The van der Waals surface area contributed by atoms with Gasteiger partial charge >= 0.3 is 0 Å². The highest BCUT2D eigenvalue weighted by molar-refractivity contribution is 5.94. The quantitative estimate of drug-likeness (QED) is 0.856. The van der Waals surface area contributed by atoms with Crippen molar-refractivity contribution in [2.75, 3.05) is 13.1 Å². The maximum Gasteiger partial charge on any atom is 0.254 e. The second kappa shape index (κ2) is 7.72. The molecule has 3 heteroatoms. The summed E-state index contributed by atoms with van der Waals surface area (Å²) in [6, 6.07) is 7.61. The van der Waals surface area contributed by atoms with Crippen LogP contribution in [0.25, 0.3) is 0 Å². The smallest absolute Gasteiger partial charge is 0.254 e. The number of rotatable bonds is 4. The highest BCUT2D eigenvalue weighted by Gasteiger charge is 2.19. The summed E-state index contributed by atoms with van der Waals surface area (Å²) in [6.45, 7) is 9.40. The van der Waals surface area contributed by atoms with Gasteiger partial charge in [-0.05, 0) is 38.0 Å². The van der Waals surface area contributed by atoms with Crippen molar-refractivity contribution in [1.29, 1.82) is 0 Å². The number of hydrogen-bond donors (Lipinski definition) is 1. The minimum absolute atomic E-state index is 0.0603. The van der Waals surface area contributed by atoms with Gasteiger partial charge in [-0.25, -0.2) is 0 Å². The van der Waals surface area contributed by atoms with E-state index in [2.05, 4.69) is 25.7 Å². The summed E-state index contributed by atoms with van der Waals surface area (Å²) in [4.78, 5) is 14.5. The Kier molecular flexibility index (Phi) is 6.27. The third-order valence-electron chi connectivity index (χ3n) is 2.89. The summed E-state index contributed by atoms with van der Waals surface area (Å²) in [5, 5.41) is 0. The number of benzene rings is 1. The Morgan fingerprint density at radius 2 is 2.00 bits per heavy atom. The zero-order valence-corrected chi connectivity index (χ0v) is 12.8. The highest BCUT2D eigenvalue weighted by atomic mass is 16.2. The van der Waals surface area contributed by atoms with Gasteiger partial charge in [0.2, 0.25) is 0 Å². The molecule has 0 radical (unpaired) electrons. The first-order chi connectivity index (χ1) is 9.45. The third kappa shape index (κ3) is 4.71. The molecule has 1 aromatic rings. The molecule has 0 bridgehead atoms. The molecule has 0 atom stereocenters. The Bertz CT molecular complexity index is 509. The summed E-state index contributed by atoms with van der Waals surface area (Å²) in [6.07, 6.45) is 0. The second-order valence-corrected chi connectivity index (χ2v) is 5.53.